The first-order valence-corrected chi connectivity index (χ1v) is 5.94. The van der Waals surface area contributed by atoms with Gasteiger partial charge in [0.05, 0.1) is 11.4 Å². The number of nitrogens with zero attached hydrogens (tertiary/aromatic N) is 3. The number of hydrogen-bond acceptors (Lipinski definition) is 4. The molecule has 2 N–H and O–H groups in total. The average Bonchev–Trinajstić information content (AvgIpc) is 2.37. The highest BCUT2D eigenvalue weighted by atomic mass is 35.5. The predicted octanol–water partition coefficient (Wildman–Crippen LogP) is 2.79. The number of benzene rings is 1. The molecule has 0 bridgehead atoms. The minimum atomic E-state index is -0.438. The molecule has 0 radical (unpaired) electrons. The van der Waals surface area contributed by atoms with Crippen LogP contribution in [0.3, 0.4) is 0 Å². The molecule has 6 nitrogen and oxygen atoms in total. The molecule has 0 atom stereocenters. The van der Waals surface area contributed by atoms with E-state index in [1.165, 1.54) is 0 Å². The van der Waals surface area contributed by atoms with E-state index in [1.54, 1.807) is 38.1 Å². The van der Waals surface area contributed by atoms with Gasteiger partial charge in [0.1, 0.15) is 0 Å². The lowest BCUT2D eigenvalue weighted by Gasteiger charge is -2.06. The van der Waals surface area contributed by atoms with Crippen LogP contribution in [0.1, 0.15) is 11.4 Å². The van der Waals surface area contributed by atoms with Crippen molar-refractivity contribution < 1.29 is 4.79 Å². The Labute approximate surface area is 115 Å². The van der Waals surface area contributed by atoms with Crippen LogP contribution in [-0.2, 0) is 0 Å². The molecular formula is C12H12ClN5O. The molecule has 0 saturated heterocycles. The van der Waals surface area contributed by atoms with E-state index in [-0.39, 0.29) is 5.95 Å². The Balaban J connectivity index is 2.01. The second-order valence-corrected chi connectivity index (χ2v) is 4.33. The van der Waals surface area contributed by atoms with Gasteiger partial charge in [-0.05, 0) is 38.1 Å². The van der Waals surface area contributed by atoms with Crippen molar-refractivity contribution in [2.24, 2.45) is 0 Å². The molecular weight excluding hydrogens is 266 g/mol. The molecule has 0 aliphatic rings. The van der Waals surface area contributed by atoms with Crippen molar-refractivity contribution in [3.05, 3.63) is 40.7 Å². The van der Waals surface area contributed by atoms with Crippen LogP contribution in [0.2, 0.25) is 5.02 Å². The topological polar surface area (TPSA) is 79.8 Å². The first-order chi connectivity index (χ1) is 9.04. The van der Waals surface area contributed by atoms with Gasteiger partial charge in [0.15, 0.2) is 0 Å². The molecule has 98 valence electrons. The summed E-state index contributed by atoms with van der Waals surface area (Å²) in [5, 5.41) is 13.4. The quantitative estimate of drug-likeness (QED) is 0.884. The Bertz CT molecular complexity index is 600. The summed E-state index contributed by atoms with van der Waals surface area (Å²) in [5.74, 6) is 0.162. The van der Waals surface area contributed by atoms with Gasteiger partial charge in [-0.2, -0.15) is 5.10 Å². The van der Waals surface area contributed by atoms with Crippen LogP contribution < -0.4 is 10.6 Å². The van der Waals surface area contributed by atoms with Gasteiger partial charge in [0.2, 0.25) is 0 Å². The normalized spacial score (nSPS) is 10.1. The van der Waals surface area contributed by atoms with Crippen molar-refractivity contribution in [3.63, 3.8) is 0 Å². The van der Waals surface area contributed by atoms with Gasteiger partial charge in [0.25, 0.3) is 5.95 Å². The van der Waals surface area contributed by atoms with Gasteiger partial charge in [-0.25, -0.2) is 9.78 Å². The molecule has 2 aromatic rings. The van der Waals surface area contributed by atoms with Gasteiger partial charge >= 0.3 is 6.03 Å². The molecule has 7 heteroatoms. The number of aromatic nitrogens is 3. The van der Waals surface area contributed by atoms with Gasteiger partial charge < -0.3 is 5.32 Å². The fourth-order valence-electron chi connectivity index (χ4n) is 1.31. The van der Waals surface area contributed by atoms with E-state index in [2.05, 4.69) is 25.8 Å². The second kappa shape index (κ2) is 5.62. The summed E-state index contributed by atoms with van der Waals surface area (Å²) in [7, 11) is 0. The Kier molecular flexibility index (Phi) is 3.91. The lowest BCUT2D eigenvalue weighted by atomic mass is 10.3. The number of aryl methyl sites for hydroxylation is 2. The zero-order valence-electron chi connectivity index (χ0n) is 10.4. The van der Waals surface area contributed by atoms with Gasteiger partial charge in [-0.1, -0.05) is 11.6 Å². The molecule has 2 rings (SSSR count). The standard InChI is InChI=1S/C12H12ClN5O/c1-7-8(2)17-18-11(14-7)16-12(19)15-10-5-3-9(13)4-6-10/h3-6H,1-2H3,(H2,14,15,16,18,19). The molecule has 0 fully saturated rings. The molecule has 0 aliphatic carbocycles. The lowest BCUT2D eigenvalue weighted by molar-refractivity contribution is 0.262. The molecule has 1 aromatic heterocycles. The third kappa shape index (κ3) is 3.62. The number of carbonyl (C=O) groups is 1. The highest BCUT2D eigenvalue weighted by Gasteiger charge is 2.06. The van der Waals surface area contributed by atoms with Crippen molar-refractivity contribution in [2.75, 3.05) is 10.6 Å². The maximum Gasteiger partial charge on any atom is 0.326 e. The summed E-state index contributed by atoms with van der Waals surface area (Å²) in [6, 6.07) is 6.33. The number of carbonyl (C=O) groups excluding carboxylic acids is 1. The van der Waals surface area contributed by atoms with E-state index < -0.39 is 6.03 Å². The molecule has 19 heavy (non-hydrogen) atoms. The number of nitrogens with one attached hydrogen (secondary N) is 2. The Morgan fingerprint density at radius 3 is 2.37 bits per heavy atom. The third-order valence-electron chi connectivity index (χ3n) is 2.42. The number of rotatable bonds is 2. The van der Waals surface area contributed by atoms with E-state index >= 15 is 0 Å². The van der Waals surface area contributed by atoms with Crippen molar-refractivity contribution in [1.82, 2.24) is 15.2 Å². The van der Waals surface area contributed by atoms with Crippen LogP contribution in [0, 0.1) is 13.8 Å². The molecule has 0 unspecified atom stereocenters. The summed E-state index contributed by atoms with van der Waals surface area (Å²) >= 11 is 5.75. The third-order valence-corrected chi connectivity index (χ3v) is 2.67. The summed E-state index contributed by atoms with van der Waals surface area (Å²) in [4.78, 5) is 15.8. The van der Waals surface area contributed by atoms with E-state index in [0.717, 1.165) is 11.4 Å². The van der Waals surface area contributed by atoms with E-state index in [9.17, 15) is 4.79 Å². The van der Waals surface area contributed by atoms with E-state index in [0.29, 0.717) is 10.7 Å². The lowest BCUT2D eigenvalue weighted by Crippen LogP contribution is -2.21. The maximum absolute atomic E-state index is 11.7. The van der Waals surface area contributed by atoms with E-state index in [1.807, 2.05) is 0 Å². The van der Waals surface area contributed by atoms with Crippen LogP contribution in [0.4, 0.5) is 16.4 Å². The minimum Gasteiger partial charge on any atom is -0.308 e. The first kappa shape index (κ1) is 13.2. The predicted molar refractivity (Wildman–Crippen MR) is 73.4 cm³/mol. The van der Waals surface area contributed by atoms with E-state index in [4.69, 9.17) is 11.6 Å². The molecule has 0 spiro atoms. The highest BCUT2D eigenvalue weighted by Crippen LogP contribution is 2.13. The first-order valence-electron chi connectivity index (χ1n) is 5.56. The van der Waals surface area contributed by atoms with Gasteiger partial charge in [-0.15, -0.1) is 5.10 Å². The van der Waals surface area contributed by atoms with Gasteiger partial charge in [0, 0.05) is 10.7 Å². The summed E-state index contributed by atoms with van der Waals surface area (Å²) < 4.78 is 0. The van der Waals surface area contributed by atoms with Crippen LogP contribution in [0.5, 0.6) is 0 Å². The summed E-state index contributed by atoms with van der Waals surface area (Å²) in [6.07, 6.45) is 0. The fourth-order valence-corrected chi connectivity index (χ4v) is 1.43. The summed E-state index contributed by atoms with van der Waals surface area (Å²) in [5.41, 5.74) is 2.07. The number of urea groups is 1. The van der Waals surface area contributed by atoms with Crippen molar-refractivity contribution in [2.45, 2.75) is 13.8 Å². The van der Waals surface area contributed by atoms with Crippen LogP contribution in [0.15, 0.2) is 24.3 Å². The fraction of sp³-hybridized carbons (Fsp3) is 0.167. The van der Waals surface area contributed by atoms with Gasteiger partial charge in [-0.3, -0.25) is 5.32 Å². The smallest absolute Gasteiger partial charge is 0.308 e. The maximum atomic E-state index is 11.7. The largest absolute Gasteiger partial charge is 0.326 e. The zero-order chi connectivity index (χ0) is 13.8. The second-order valence-electron chi connectivity index (χ2n) is 3.89. The highest BCUT2D eigenvalue weighted by molar-refractivity contribution is 6.30. The molecule has 1 heterocycles. The minimum absolute atomic E-state index is 0.162. The number of anilines is 2. The SMILES string of the molecule is Cc1nnc(NC(=O)Nc2ccc(Cl)cc2)nc1C. The Hall–Kier alpha value is -2.21. The van der Waals surface area contributed by atoms with Crippen LogP contribution >= 0.6 is 11.6 Å². The van der Waals surface area contributed by atoms with Crippen molar-refractivity contribution in [1.29, 1.82) is 0 Å². The molecule has 0 aliphatic heterocycles. The monoisotopic (exact) mass is 277 g/mol. The van der Waals surface area contributed by atoms with Crippen molar-refractivity contribution >= 4 is 29.3 Å². The number of hydrogen-bond donors (Lipinski definition) is 2. The van der Waals surface area contributed by atoms with Crippen LogP contribution in [0.25, 0.3) is 0 Å². The molecule has 1 aromatic carbocycles. The molecule has 0 saturated carbocycles. The number of amides is 2. The van der Waals surface area contributed by atoms with Crippen LogP contribution in [-0.4, -0.2) is 21.2 Å². The van der Waals surface area contributed by atoms with Crippen molar-refractivity contribution in [3.8, 4) is 0 Å². The molecule has 2 amide bonds. The Morgan fingerprint density at radius 2 is 1.74 bits per heavy atom. The Morgan fingerprint density at radius 1 is 1.05 bits per heavy atom. The number of halogens is 1. The zero-order valence-corrected chi connectivity index (χ0v) is 11.2. The average molecular weight is 278 g/mol. The summed E-state index contributed by atoms with van der Waals surface area (Å²) in [6.45, 7) is 3.60.